The molecule has 2 rings (SSSR count). The van der Waals surface area contributed by atoms with Gasteiger partial charge in [0.2, 0.25) is 5.91 Å². The second kappa shape index (κ2) is 7.22. The summed E-state index contributed by atoms with van der Waals surface area (Å²) in [5.41, 5.74) is 0. The molecule has 2 aliphatic heterocycles. The third kappa shape index (κ3) is 4.17. The lowest BCUT2D eigenvalue weighted by Crippen LogP contribution is -2.48. The molecule has 2 heterocycles. The summed E-state index contributed by atoms with van der Waals surface area (Å²) in [7, 11) is 0. The van der Waals surface area contributed by atoms with Gasteiger partial charge in [-0.2, -0.15) is 0 Å². The normalized spacial score (nSPS) is 30.7. The molecule has 0 saturated carbocycles. The first-order valence-corrected chi connectivity index (χ1v) is 7.98. The van der Waals surface area contributed by atoms with Crippen LogP contribution in [0, 0.1) is 0 Å². The van der Waals surface area contributed by atoms with E-state index in [-0.39, 0.29) is 18.4 Å². The van der Waals surface area contributed by atoms with Crippen LogP contribution in [0.25, 0.3) is 0 Å². The number of likely N-dealkylation sites (tertiary alicyclic amines) is 2. The van der Waals surface area contributed by atoms with Crippen LogP contribution in [-0.4, -0.2) is 71.1 Å². The van der Waals surface area contributed by atoms with Crippen molar-refractivity contribution < 1.29 is 14.7 Å². The zero-order valence-corrected chi connectivity index (χ0v) is 13.0. The maximum absolute atomic E-state index is 11.9. The van der Waals surface area contributed by atoms with E-state index in [2.05, 4.69) is 24.1 Å². The van der Waals surface area contributed by atoms with Gasteiger partial charge < -0.3 is 15.3 Å². The van der Waals surface area contributed by atoms with E-state index in [0.717, 1.165) is 6.54 Å². The molecule has 6 nitrogen and oxygen atoms in total. The molecule has 0 aromatic carbocycles. The Morgan fingerprint density at radius 2 is 1.95 bits per heavy atom. The van der Waals surface area contributed by atoms with Crippen molar-refractivity contribution in [3.63, 3.8) is 0 Å². The van der Waals surface area contributed by atoms with E-state index in [4.69, 9.17) is 0 Å². The molecule has 0 bridgehead atoms. The van der Waals surface area contributed by atoms with Gasteiger partial charge in [-0.3, -0.25) is 14.5 Å². The predicted octanol–water partition coefficient (Wildman–Crippen LogP) is -0.0413. The molecule has 120 valence electrons. The van der Waals surface area contributed by atoms with Crippen molar-refractivity contribution in [2.24, 2.45) is 0 Å². The molecule has 21 heavy (non-hydrogen) atoms. The third-order valence-electron chi connectivity index (χ3n) is 4.67. The third-order valence-corrected chi connectivity index (χ3v) is 4.67. The van der Waals surface area contributed by atoms with Crippen LogP contribution in [0.1, 0.15) is 39.5 Å². The second-order valence-corrected chi connectivity index (χ2v) is 6.28. The van der Waals surface area contributed by atoms with E-state index >= 15 is 0 Å². The monoisotopic (exact) mass is 297 g/mol. The number of aliphatic hydroxyl groups is 1. The maximum Gasteiger partial charge on any atom is 0.251 e. The van der Waals surface area contributed by atoms with Gasteiger partial charge >= 0.3 is 0 Å². The lowest BCUT2D eigenvalue weighted by Gasteiger charge is -2.39. The van der Waals surface area contributed by atoms with E-state index in [1.165, 1.54) is 24.2 Å². The molecule has 0 aromatic heterocycles. The lowest BCUT2D eigenvalue weighted by molar-refractivity contribution is -0.137. The summed E-state index contributed by atoms with van der Waals surface area (Å²) in [6.07, 6.45) is 3.23. The van der Waals surface area contributed by atoms with Gasteiger partial charge in [-0.25, -0.2) is 0 Å². The van der Waals surface area contributed by atoms with Gasteiger partial charge in [0.15, 0.2) is 0 Å². The number of amides is 2. The first-order valence-electron chi connectivity index (χ1n) is 7.98. The summed E-state index contributed by atoms with van der Waals surface area (Å²) in [6.45, 7) is 6.46. The number of rotatable bonds is 5. The van der Waals surface area contributed by atoms with E-state index in [9.17, 15) is 14.7 Å². The molecule has 3 atom stereocenters. The Labute approximate surface area is 126 Å². The Kier molecular flexibility index (Phi) is 5.58. The van der Waals surface area contributed by atoms with Gasteiger partial charge in [0.25, 0.3) is 5.91 Å². The summed E-state index contributed by atoms with van der Waals surface area (Å²) in [4.78, 5) is 27.2. The fourth-order valence-corrected chi connectivity index (χ4v) is 3.35. The summed E-state index contributed by atoms with van der Waals surface area (Å²) in [5, 5.41) is 12.2. The number of nitrogens with one attached hydrogen (secondary N) is 1. The minimum atomic E-state index is -0.923. The van der Waals surface area contributed by atoms with Crippen LogP contribution in [0.3, 0.4) is 0 Å². The van der Waals surface area contributed by atoms with Gasteiger partial charge in [0, 0.05) is 31.7 Å². The van der Waals surface area contributed by atoms with Crippen LogP contribution < -0.4 is 5.32 Å². The maximum atomic E-state index is 11.9. The van der Waals surface area contributed by atoms with Crippen LogP contribution in [0.2, 0.25) is 0 Å². The number of aliphatic hydroxyl groups excluding tert-OH is 1. The summed E-state index contributed by atoms with van der Waals surface area (Å²) < 4.78 is 0. The topological polar surface area (TPSA) is 72.9 Å². The molecule has 2 aliphatic rings. The van der Waals surface area contributed by atoms with Crippen molar-refractivity contribution in [2.45, 2.75) is 57.7 Å². The Morgan fingerprint density at radius 3 is 2.52 bits per heavy atom. The molecule has 0 aromatic rings. The Hall–Kier alpha value is -1.14. The van der Waals surface area contributed by atoms with Crippen LogP contribution in [-0.2, 0) is 9.59 Å². The number of carbonyl (C=O) groups excluding carboxylic acids is 2. The van der Waals surface area contributed by atoms with Gasteiger partial charge in [0.05, 0.1) is 6.54 Å². The fourth-order valence-electron chi connectivity index (χ4n) is 3.35. The standard InChI is InChI=1S/C15H27N3O3/c1-11-4-3-5-12(2)18(11)9-7-16-14(20)10-17-8-6-13(19)15(17)21/h11-13,19H,3-10H2,1-2H3,(H,16,20)/t11-,12?,13+/m0/s1. The smallest absolute Gasteiger partial charge is 0.251 e. The minimum Gasteiger partial charge on any atom is -0.383 e. The molecule has 0 aliphatic carbocycles. The molecule has 6 heteroatoms. The first-order chi connectivity index (χ1) is 9.99. The van der Waals surface area contributed by atoms with Crippen LogP contribution in [0.5, 0.6) is 0 Å². The lowest BCUT2D eigenvalue weighted by atomic mass is 9.98. The van der Waals surface area contributed by atoms with Crippen molar-refractivity contribution in [3.05, 3.63) is 0 Å². The largest absolute Gasteiger partial charge is 0.383 e. The molecule has 2 fully saturated rings. The molecule has 0 spiro atoms. The summed E-state index contributed by atoms with van der Waals surface area (Å²) in [5.74, 6) is -0.474. The van der Waals surface area contributed by atoms with Crippen molar-refractivity contribution >= 4 is 11.8 Å². The van der Waals surface area contributed by atoms with Crippen LogP contribution in [0.15, 0.2) is 0 Å². The highest BCUT2D eigenvalue weighted by molar-refractivity contribution is 5.88. The Bertz CT molecular complexity index is 378. The van der Waals surface area contributed by atoms with Crippen LogP contribution >= 0.6 is 0 Å². The summed E-state index contributed by atoms with van der Waals surface area (Å²) in [6, 6.07) is 1.14. The molecule has 2 N–H and O–H groups in total. The highest BCUT2D eigenvalue weighted by atomic mass is 16.3. The molecule has 0 radical (unpaired) electrons. The minimum absolute atomic E-state index is 0.0565. The average molecular weight is 297 g/mol. The Morgan fingerprint density at radius 1 is 1.29 bits per heavy atom. The first kappa shape index (κ1) is 16.2. The predicted molar refractivity (Wildman–Crippen MR) is 79.7 cm³/mol. The zero-order valence-electron chi connectivity index (χ0n) is 13.0. The zero-order chi connectivity index (χ0) is 15.4. The van der Waals surface area contributed by atoms with Crippen LogP contribution in [0.4, 0.5) is 0 Å². The van der Waals surface area contributed by atoms with E-state index in [1.807, 2.05) is 0 Å². The van der Waals surface area contributed by atoms with E-state index < -0.39 is 6.10 Å². The SMILES string of the molecule is CC1CCC[C@H](C)N1CCNC(=O)CN1CC[C@@H](O)C1=O. The fraction of sp³-hybridized carbons (Fsp3) is 0.867. The number of hydrogen-bond donors (Lipinski definition) is 2. The highest BCUT2D eigenvalue weighted by Gasteiger charge is 2.31. The number of hydrogen-bond acceptors (Lipinski definition) is 4. The molecule has 1 unspecified atom stereocenters. The second-order valence-electron chi connectivity index (χ2n) is 6.28. The van der Waals surface area contributed by atoms with Crippen molar-refractivity contribution in [1.82, 2.24) is 15.1 Å². The quantitative estimate of drug-likeness (QED) is 0.747. The van der Waals surface area contributed by atoms with Gasteiger partial charge in [-0.1, -0.05) is 6.42 Å². The highest BCUT2D eigenvalue weighted by Crippen LogP contribution is 2.21. The average Bonchev–Trinajstić information content (AvgIpc) is 2.74. The van der Waals surface area contributed by atoms with E-state index in [1.54, 1.807) is 0 Å². The number of piperidine rings is 1. The molecule has 2 saturated heterocycles. The summed E-state index contributed by atoms with van der Waals surface area (Å²) >= 11 is 0. The van der Waals surface area contributed by atoms with Gasteiger partial charge in [0.1, 0.15) is 6.10 Å². The Balaban J connectivity index is 1.68. The van der Waals surface area contributed by atoms with Gasteiger partial charge in [-0.15, -0.1) is 0 Å². The molecular formula is C15H27N3O3. The van der Waals surface area contributed by atoms with Crippen molar-refractivity contribution in [2.75, 3.05) is 26.2 Å². The number of carbonyl (C=O) groups is 2. The van der Waals surface area contributed by atoms with E-state index in [0.29, 0.717) is 31.6 Å². The molecule has 2 amide bonds. The molecular weight excluding hydrogens is 270 g/mol. The van der Waals surface area contributed by atoms with Gasteiger partial charge in [-0.05, 0) is 33.1 Å². The van der Waals surface area contributed by atoms with Crippen molar-refractivity contribution in [3.8, 4) is 0 Å². The number of nitrogens with zero attached hydrogens (tertiary/aromatic N) is 2. The van der Waals surface area contributed by atoms with Crippen molar-refractivity contribution in [1.29, 1.82) is 0 Å².